The van der Waals surface area contributed by atoms with Crippen LogP contribution in [0.3, 0.4) is 0 Å². The Bertz CT molecular complexity index is 746. The van der Waals surface area contributed by atoms with Crippen LogP contribution >= 0.6 is 23.2 Å². The standard InChI is InChI=1S/C12H6Cl2N2O2/c13-7-1-2-9(14)8(5-7)11-10(6-17)16-3-4-18-12(16)15-11/h1-6H. The van der Waals surface area contributed by atoms with Crippen molar-refractivity contribution >= 4 is 35.3 Å². The smallest absolute Gasteiger partial charge is 0.306 e. The van der Waals surface area contributed by atoms with E-state index in [4.69, 9.17) is 27.6 Å². The average Bonchev–Trinajstić information content (AvgIpc) is 2.91. The highest BCUT2D eigenvalue weighted by molar-refractivity contribution is 6.35. The van der Waals surface area contributed by atoms with Crippen molar-refractivity contribution < 1.29 is 9.21 Å². The van der Waals surface area contributed by atoms with E-state index in [1.807, 2.05) is 0 Å². The quantitative estimate of drug-likeness (QED) is 0.673. The second kappa shape index (κ2) is 4.15. The van der Waals surface area contributed by atoms with Crippen molar-refractivity contribution in [3.8, 4) is 11.3 Å². The van der Waals surface area contributed by atoms with Gasteiger partial charge in [0.25, 0.3) is 0 Å². The number of carbonyl (C=O) groups excluding carboxylic acids is 1. The van der Waals surface area contributed by atoms with E-state index < -0.39 is 0 Å². The summed E-state index contributed by atoms with van der Waals surface area (Å²) in [4.78, 5) is 15.4. The fourth-order valence-electron chi connectivity index (χ4n) is 1.79. The molecule has 90 valence electrons. The third-order valence-corrected chi connectivity index (χ3v) is 3.16. The van der Waals surface area contributed by atoms with Crippen molar-refractivity contribution in [2.45, 2.75) is 0 Å². The van der Waals surface area contributed by atoms with E-state index in [1.54, 1.807) is 28.8 Å². The maximum Gasteiger partial charge on any atom is 0.306 e. The minimum Gasteiger partial charge on any atom is -0.432 e. The van der Waals surface area contributed by atoms with Gasteiger partial charge in [-0.15, -0.1) is 0 Å². The normalized spacial score (nSPS) is 11.0. The fraction of sp³-hybridized carbons (Fsp3) is 0. The Morgan fingerprint density at radius 3 is 2.94 bits per heavy atom. The van der Waals surface area contributed by atoms with Crippen LogP contribution in [0.25, 0.3) is 17.1 Å². The summed E-state index contributed by atoms with van der Waals surface area (Å²) in [5.41, 5.74) is 1.44. The summed E-state index contributed by atoms with van der Waals surface area (Å²) in [6.07, 6.45) is 3.79. The molecule has 0 atom stereocenters. The Hall–Kier alpha value is -1.78. The van der Waals surface area contributed by atoms with Crippen LogP contribution in [0, 0.1) is 0 Å². The highest BCUT2D eigenvalue weighted by atomic mass is 35.5. The number of imidazole rings is 1. The molecule has 0 unspecified atom stereocenters. The number of benzene rings is 1. The summed E-state index contributed by atoms with van der Waals surface area (Å²) in [5.74, 6) is 0.336. The summed E-state index contributed by atoms with van der Waals surface area (Å²) in [6, 6.07) is 5.00. The molecule has 3 rings (SSSR count). The van der Waals surface area contributed by atoms with E-state index in [2.05, 4.69) is 4.98 Å². The van der Waals surface area contributed by atoms with E-state index in [1.165, 1.54) is 6.26 Å². The lowest BCUT2D eigenvalue weighted by molar-refractivity contribution is 0.111. The molecular formula is C12H6Cl2N2O2. The Morgan fingerprint density at radius 2 is 2.17 bits per heavy atom. The van der Waals surface area contributed by atoms with Crippen molar-refractivity contribution in [1.82, 2.24) is 9.38 Å². The van der Waals surface area contributed by atoms with E-state index >= 15 is 0 Å². The Balaban J connectivity index is 2.33. The zero-order valence-electron chi connectivity index (χ0n) is 8.93. The van der Waals surface area contributed by atoms with Crippen molar-refractivity contribution in [2.24, 2.45) is 0 Å². The van der Waals surface area contributed by atoms with Gasteiger partial charge in [0, 0.05) is 16.8 Å². The molecule has 18 heavy (non-hydrogen) atoms. The maximum absolute atomic E-state index is 11.2. The second-order valence-electron chi connectivity index (χ2n) is 3.64. The Morgan fingerprint density at radius 1 is 1.33 bits per heavy atom. The van der Waals surface area contributed by atoms with Gasteiger partial charge in [-0.3, -0.25) is 9.20 Å². The molecule has 0 saturated carbocycles. The van der Waals surface area contributed by atoms with Crippen LogP contribution in [0.2, 0.25) is 10.0 Å². The first-order chi connectivity index (χ1) is 8.70. The number of aromatic nitrogens is 2. The summed E-state index contributed by atoms with van der Waals surface area (Å²) >= 11 is 12.0. The lowest BCUT2D eigenvalue weighted by Crippen LogP contribution is -1.90. The number of fused-ring (bicyclic) bond motifs is 1. The predicted octanol–water partition coefficient (Wildman–Crippen LogP) is 3.71. The molecule has 0 N–H and O–H groups in total. The van der Waals surface area contributed by atoms with Gasteiger partial charge in [0.15, 0.2) is 6.29 Å². The minimum absolute atomic E-state index is 0.336. The third-order valence-electron chi connectivity index (χ3n) is 2.59. The van der Waals surface area contributed by atoms with Gasteiger partial charge in [-0.05, 0) is 18.2 Å². The number of hydrogen-bond acceptors (Lipinski definition) is 3. The van der Waals surface area contributed by atoms with Crippen LogP contribution in [0.5, 0.6) is 0 Å². The van der Waals surface area contributed by atoms with Crippen LogP contribution in [0.4, 0.5) is 0 Å². The molecule has 0 radical (unpaired) electrons. The molecule has 0 amide bonds. The number of hydrogen-bond donors (Lipinski definition) is 0. The van der Waals surface area contributed by atoms with Crippen molar-refractivity contribution in [1.29, 1.82) is 0 Å². The molecule has 0 aliphatic carbocycles. The van der Waals surface area contributed by atoms with Gasteiger partial charge < -0.3 is 4.42 Å². The highest BCUT2D eigenvalue weighted by Crippen LogP contribution is 2.32. The molecule has 1 aromatic carbocycles. The molecule has 0 saturated heterocycles. The van der Waals surface area contributed by atoms with Crippen LogP contribution in [-0.4, -0.2) is 15.7 Å². The van der Waals surface area contributed by atoms with Crippen LogP contribution < -0.4 is 0 Å². The second-order valence-corrected chi connectivity index (χ2v) is 4.49. The topological polar surface area (TPSA) is 47.5 Å². The van der Waals surface area contributed by atoms with Gasteiger partial charge >= 0.3 is 5.84 Å². The summed E-state index contributed by atoms with van der Waals surface area (Å²) < 4.78 is 6.70. The average molecular weight is 281 g/mol. The molecule has 2 aromatic heterocycles. The first-order valence-corrected chi connectivity index (χ1v) is 5.82. The van der Waals surface area contributed by atoms with Crippen molar-refractivity contribution in [2.75, 3.05) is 0 Å². The van der Waals surface area contributed by atoms with Crippen LogP contribution in [0.1, 0.15) is 10.5 Å². The summed E-state index contributed by atoms with van der Waals surface area (Å²) in [7, 11) is 0. The molecule has 2 heterocycles. The number of rotatable bonds is 2. The zero-order valence-corrected chi connectivity index (χ0v) is 10.4. The zero-order chi connectivity index (χ0) is 12.7. The molecular weight excluding hydrogens is 275 g/mol. The van der Waals surface area contributed by atoms with Gasteiger partial charge in [-0.1, -0.05) is 23.2 Å². The van der Waals surface area contributed by atoms with Crippen LogP contribution in [-0.2, 0) is 0 Å². The molecule has 0 fully saturated rings. The number of aldehydes is 1. The lowest BCUT2D eigenvalue weighted by Gasteiger charge is -2.02. The maximum atomic E-state index is 11.2. The highest BCUT2D eigenvalue weighted by Gasteiger charge is 2.17. The number of oxazole rings is 1. The molecule has 4 nitrogen and oxygen atoms in total. The van der Waals surface area contributed by atoms with Gasteiger partial charge in [0.05, 0.1) is 5.02 Å². The molecule has 6 heteroatoms. The molecule has 0 aliphatic rings. The Labute approximate surface area is 112 Å². The number of nitrogens with zero attached hydrogens (tertiary/aromatic N) is 2. The van der Waals surface area contributed by atoms with E-state index in [-0.39, 0.29) is 0 Å². The van der Waals surface area contributed by atoms with E-state index in [9.17, 15) is 4.79 Å². The van der Waals surface area contributed by atoms with Gasteiger partial charge in [0.1, 0.15) is 17.7 Å². The summed E-state index contributed by atoms with van der Waals surface area (Å²) in [6.45, 7) is 0. The first kappa shape index (κ1) is 11.3. The van der Waals surface area contributed by atoms with E-state index in [0.29, 0.717) is 39.1 Å². The first-order valence-electron chi connectivity index (χ1n) is 5.07. The predicted molar refractivity (Wildman–Crippen MR) is 68.3 cm³/mol. The fourth-order valence-corrected chi connectivity index (χ4v) is 2.17. The van der Waals surface area contributed by atoms with Crippen molar-refractivity contribution in [3.63, 3.8) is 0 Å². The molecule has 0 spiro atoms. The van der Waals surface area contributed by atoms with Crippen molar-refractivity contribution in [3.05, 3.63) is 46.4 Å². The largest absolute Gasteiger partial charge is 0.432 e. The molecule has 0 aliphatic heterocycles. The third kappa shape index (κ3) is 1.62. The molecule has 0 bridgehead atoms. The minimum atomic E-state index is 0.336. The molecule has 3 aromatic rings. The number of halogens is 2. The number of carbonyl (C=O) groups is 1. The SMILES string of the molecule is O=Cc1c(-c2cc(Cl)ccc2Cl)nc2occn12. The van der Waals surface area contributed by atoms with Crippen LogP contribution in [0.15, 0.2) is 35.1 Å². The van der Waals surface area contributed by atoms with Gasteiger partial charge in [0.2, 0.25) is 0 Å². The van der Waals surface area contributed by atoms with Gasteiger partial charge in [-0.2, -0.15) is 4.98 Å². The van der Waals surface area contributed by atoms with Gasteiger partial charge in [-0.25, -0.2) is 0 Å². The summed E-state index contributed by atoms with van der Waals surface area (Å²) in [5, 5.41) is 0.999. The van der Waals surface area contributed by atoms with E-state index in [0.717, 1.165) is 0 Å². The Kier molecular flexibility index (Phi) is 2.61. The lowest BCUT2D eigenvalue weighted by atomic mass is 10.1. The monoisotopic (exact) mass is 280 g/mol.